The van der Waals surface area contributed by atoms with Crippen LogP contribution in [0.25, 0.3) is 0 Å². The maximum Gasteiger partial charge on any atom is 0.0558 e. The normalized spacial score (nSPS) is 11.3. The van der Waals surface area contributed by atoms with E-state index >= 15 is 0 Å². The van der Waals surface area contributed by atoms with Crippen LogP contribution in [0.1, 0.15) is 19.5 Å². The van der Waals surface area contributed by atoms with Crippen LogP contribution >= 0.6 is 11.6 Å². The van der Waals surface area contributed by atoms with E-state index in [1.165, 1.54) is 0 Å². The minimum absolute atomic E-state index is 0.165. The summed E-state index contributed by atoms with van der Waals surface area (Å²) >= 11 is 5.88. The van der Waals surface area contributed by atoms with Gasteiger partial charge in [0.05, 0.1) is 12.3 Å². The molecule has 0 bridgehead atoms. The number of aliphatic hydroxyl groups excluding tert-OH is 1. The summed E-state index contributed by atoms with van der Waals surface area (Å²) in [6.45, 7) is 5.74. The second kappa shape index (κ2) is 6.05. The van der Waals surface area contributed by atoms with Gasteiger partial charge in [-0.2, -0.15) is 0 Å². The Hall–Kier alpha value is -0.640. The molecule has 4 heteroatoms. The molecule has 1 aromatic rings. The monoisotopic (exact) mass is 228 g/mol. The number of aliphatic hydroxyl groups is 1. The summed E-state index contributed by atoms with van der Waals surface area (Å²) in [5, 5.41) is 9.63. The van der Waals surface area contributed by atoms with E-state index in [4.69, 9.17) is 16.7 Å². The van der Waals surface area contributed by atoms with Gasteiger partial charge in [0, 0.05) is 30.4 Å². The van der Waals surface area contributed by atoms with Crippen molar-refractivity contribution in [1.29, 1.82) is 0 Å². The molecule has 0 aliphatic heterocycles. The van der Waals surface area contributed by atoms with Gasteiger partial charge >= 0.3 is 0 Å². The molecule has 1 rings (SSSR count). The highest BCUT2D eigenvalue weighted by molar-refractivity contribution is 6.30. The minimum atomic E-state index is 0.165. The van der Waals surface area contributed by atoms with Crippen LogP contribution < -0.4 is 0 Å². The number of aromatic nitrogens is 1. The lowest BCUT2D eigenvalue weighted by molar-refractivity contribution is 0.158. The van der Waals surface area contributed by atoms with E-state index in [0.717, 1.165) is 12.2 Å². The van der Waals surface area contributed by atoms with Gasteiger partial charge in [-0.05, 0) is 26.0 Å². The third-order valence-corrected chi connectivity index (χ3v) is 2.50. The van der Waals surface area contributed by atoms with Crippen molar-refractivity contribution in [1.82, 2.24) is 9.88 Å². The average molecular weight is 229 g/mol. The van der Waals surface area contributed by atoms with Crippen LogP contribution in [-0.4, -0.2) is 34.2 Å². The molecule has 1 aromatic heterocycles. The van der Waals surface area contributed by atoms with Gasteiger partial charge < -0.3 is 5.11 Å². The lowest BCUT2D eigenvalue weighted by Gasteiger charge is -2.25. The fraction of sp³-hybridized carbons (Fsp3) is 0.545. The number of hydrogen-bond acceptors (Lipinski definition) is 3. The molecule has 0 saturated heterocycles. The minimum Gasteiger partial charge on any atom is -0.395 e. The molecule has 0 amide bonds. The van der Waals surface area contributed by atoms with Crippen molar-refractivity contribution >= 4 is 11.6 Å². The highest BCUT2D eigenvalue weighted by Gasteiger charge is 2.10. The second-order valence-corrected chi connectivity index (χ2v) is 4.19. The second-order valence-electron chi connectivity index (χ2n) is 3.75. The Morgan fingerprint density at radius 2 is 2.27 bits per heavy atom. The summed E-state index contributed by atoms with van der Waals surface area (Å²) in [7, 11) is 0. The van der Waals surface area contributed by atoms with Crippen LogP contribution in [-0.2, 0) is 6.54 Å². The third kappa shape index (κ3) is 4.16. The van der Waals surface area contributed by atoms with Crippen molar-refractivity contribution in [2.75, 3.05) is 13.2 Å². The standard InChI is InChI=1S/C11H17ClN2O/c1-9(2)14(5-6-15)8-11-7-10(12)3-4-13-11/h3-4,7,9,15H,5-6,8H2,1-2H3. The van der Waals surface area contributed by atoms with E-state index in [1.807, 2.05) is 6.07 Å². The van der Waals surface area contributed by atoms with Gasteiger partial charge in [-0.3, -0.25) is 9.88 Å². The zero-order valence-electron chi connectivity index (χ0n) is 9.15. The largest absolute Gasteiger partial charge is 0.395 e. The molecule has 0 spiro atoms. The first-order chi connectivity index (χ1) is 7.13. The summed E-state index contributed by atoms with van der Waals surface area (Å²) < 4.78 is 0. The van der Waals surface area contributed by atoms with Crippen LogP contribution in [0.5, 0.6) is 0 Å². The van der Waals surface area contributed by atoms with E-state index in [0.29, 0.717) is 17.6 Å². The van der Waals surface area contributed by atoms with E-state index in [-0.39, 0.29) is 6.61 Å². The van der Waals surface area contributed by atoms with Crippen molar-refractivity contribution in [3.63, 3.8) is 0 Å². The summed E-state index contributed by atoms with van der Waals surface area (Å²) in [4.78, 5) is 6.39. The zero-order chi connectivity index (χ0) is 11.3. The van der Waals surface area contributed by atoms with Gasteiger partial charge in [-0.25, -0.2) is 0 Å². The number of hydrogen-bond donors (Lipinski definition) is 1. The number of nitrogens with zero attached hydrogens (tertiary/aromatic N) is 2. The molecular formula is C11H17ClN2O. The fourth-order valence-electron chi connectivity index (χ4n) is 1.39. The molecule has 0 aliphatic rings. The average Bonchev–Trinajstić information content (AvgIpc) is 2.17. The first-order valence-corrected chi connectivity index (χ1v) is 5.46. The Balaban J connectivity index is 2.65. The molecule has 0 aromatic carbocycles. The number of pyridine rings is 1. The molecule has 3 nitrogen and oxygen atoms in total. The summed E-state index contributed by atoms with van der Waals surface area (Å²) in [6.07, 6.45) is 1.70. The molecule has 0 radical (unpaired) electrons. The molecule has 84 valence electrons. The molecule has 0 aliphatic carbocycles. The van der Waals surface area contributed by atoms with E-state index in [9.17, 15) is 0 Å². The number of halogens is 1. The SMILES string of the molecule is CC(C)N(CCO)Cc1cc(Cl)ccn1. The maximum absolute atomic E-state index is 8.93. The fourth-order valence-corrected chi connectivity index (χ4v) is 1.57. The highest BCUT2D eigenvalue weighted by atomic mass is 35.5. The smallest absolute Gasteiger partial charge is 0.0558 e. The van der Waals surface area contributed by atoms with Crippen LogP contribution in [0.4, 0.5) is 0 Å². The molecule has 0 atom stereocenters. The zero-order valence-corrected chi connectivity index (χ0v) is 9.91. The first kappa shape index (κ1) is 12.4. The summed E-state index contributed by atoms with van der Waals surface area (Å²) in [5.41, 5.74) is 0.935. The van der Waals surface area contributed by atoms with E-state index < -0.39 is 0 Å². The van der Waals surface area contributed by atoms with Crippen molar-refractivity contribution in [2.24, 2.45) is 0 Å². The first-order valence-electron chi connectivity index (χ1n) is 5.09. The van der Waals surface area contributed by atoms with Crippen molar-refractivity contribution in [2.45, 2.75) is 26.4 Å². The topological polar surface area (TPSA) is 36.4 Å². The van der Waals surface area contributed by atoms with Gasteiger partial charge in [-0.1, -0.05) is 11.6 Å². The van der Waals surface area contributed by atoms with Gasteiger partial charge in [0.25, 0.3) is 0 Å². The van der Waals surface area contributed by atoms with Gasteiger partial charge in [0.15, 0.2) is 0 Å². The third-order valence-electron chi connectivity index (χ3n) is 2.26. The van der Waals surface area contributed by atoms with Gasteiger partial charge in [0.2, 0.25) is 0 Å². The lowest BCUT2D eigenvalue weighted by atomic mass is 10.2. The Morgan fingerprint density at radius 1 is 1.53 bits per heavy atom. The molecule has 0 saturated carbocycles. The quantitative estimate of drug-likeness (QED) is 0.837. The molecule has 15 heavy (non-hydrogen) atoms. The van der Waals surface area contributed by atoms with Gasteiger partial charge in [0.1, 0.15) is 0 Å². The molecule has 0 unspecified atom stereocenters. The van der Waals surface area contributed by atoms with E-state index in [2.05, 4.69) is 23.7 Å². The van der Waals surface area contributed by atoms with Crippen molar-refractivity contribution < 1.29 is 5.11 Å². The van der Waals surface area contributed by atoms with Crippen LogP contribution in [0.3, 0.4) is 0 Å². The molecule has 0 fully saturated rings. The molecular weight excluding hydrogens is 212 g/mol. The van der Waals surface area contributed by atoms with Crippen LogP contribution in [0.15, 0.2) is 18.3 Å². The van der Waals surface area contributed by atoms with Crippen molar-refractivity contribution in [3.05, 3.63) is 29.0 Å². The molecule has 1 heterocycles. The summed E-state index contributed by atoms with van der Waals surface area (Å²) in [5.74, 6) is 0. The van der Waals surface area contributed by atoms with Crippen molar-refractivity contribution in [3.8, 4) is 0 Å². The Labute approximate surface area is 95.7 Å². The Kier molecular flexibility index (Phi) is 5.02. The Morgan fingerprint density at radius 3 is 2.80 bits per heavy atom. The van der Waals surface area contributed by atoms with Crippen LogP contribution in [0, 0.1) is 0 Å². The maximum atomic E-state index is 8.93. The predicted molar refractivity (Wildman–Crippen MR) is 61.9 cm³/mol. The van der Waals surface area contributed by atoms with Gasteiger partial charge in [-0.15, -0.1) is 0 Å². The highest BCUT2D eigenvalue weighted by Crippen LogP contribution is 2.11. The number of rotatable bonds is 5. The summed E-state index contributed by atoms with van der Waals surface area (Å²) in [6, 6.07) is 4.00. The molecule has 1 N–H and O–H groups in total. The van der Waals surface area contributed by atoms with Crippen LogP contribution in [0.2, 0.25) is 5.02 Å². The Bertz CT molecular complexity index is 304. The lowest BCUT2D eigenvalue weighted by Crippen LogP contribution is -2.33. The predicted octanol–water partition coefficient (Wildman–Crippen LogP) is 1.94. The van der Waals surface area contributed by atoms with E-state index in [1.54, 1.807) is 12.3 Å².